The molecule has 0 unspecified atom stereocenters. The van der Waals surface area contributed by atoms with E-state index in [-0.39, 0.29) is 23.1 Å². The third kappa shape index (κ3) is 8.82. The molecule has 0 bridgehead atoms. The summed E-state index contributed by atoms with van der Waals surface area (Å²) in [5, 5.41) is 8.96. The maximum atomic E-state index is 13.2. The fourth-order valence-electron chi connectivity index (χ4n) is 3.57. The van der Waals surface area contributed by atoms with Crippen LogP contribution in [0.5, 0.6) is 0 Å². The van der Waals surface area contributed by atoms with Crippen LogP contribution in [0.1, 0.15) is 106 Å². The molecule has 3 amide bonds. The van der Waals surface area contributed by atoms with Crippen molar-refractivity contribution in [3.05, 3.63) is 23.8 Å². The van der Waals surface area contributed by atoms with E-state index in [1.165, 1.54) is 0 Å². The van der Waals surface area contributed by atoms with Crippen molar-refractivity contribution in [1.29, 1.82) is 0 Å². The van der Waals surface area contributed by atoms with Gasteiger partial charge in [0.25, 0.3) is 5.91 Å². The van der Waals surface area contributed by atoms with Crippen LogP contribution in [0.25, 0.3) is 0 Å². The number of rotatable bonds is 9. The molecule has 6 nitrogen and oxygen atoms in total. The average Bonchev–Trinajstić information content (AvgIpc) is 2.65. The van der Waals surface area contributed by atoms with Crippen molar-refractivity contribution >= 4 is 29.1 Å². The smallest absolute Gasteiger partial charge is 0.251 e. The highest BCUT2D eigenvalue weighted by molar-refractivity contribution is 6.02. The Hall–Kier alpha value is -2.37. The highest BCUT2D eigenvalue weighted by Gasteiger charge is 2.30. The summed E-state index contributed by atoms with van der Waals surface area (Å²) in [5.41, 5.74) is -0.148. The molecule has 0 heterocycles. The fourth-order valence-corrected chi connectivity index (χ4v) is 3.57. The summed E-state index contributed by atoms with van der Waals surface area (Å²) in [6.45, 7) is 21.8. The molecule has 186 valence electrons. The second kappa shape index (κ2) is 10.3. The molecule has 0 saturated heterocycles. The molecule has 3 N–H and O–H groups in total. The zero-order valence-electron chi connectivity index (χ0n) is 22.6. The summed E-state index contributed by atoms with van der Waals surface area (Å²) in [5.74, 6) is -0.524. The summed E-state index contributed by atoms with van der Waals surface area (Å²) >= 11 is 0. The van der Waals surface area contributed by atoms with Crippen LogP contribution < -0.4 is 16.0 Å². The first kappa shape index (κ1) is 28.7. The first-order valence-electron chi connectivity index (χ1n) is 11.9. The van der Waals surface area contributed by atoms with Crippen molar-refractivity contribution in [2.45, 2.75) is 101 Å². The zero-order valence-corrected chi connectivity index (χ0v) is 22.6. The molecule has 33 heavy (non-hydrogen) atoms. The molecule has 0 fully saturated rings. The highest BCUT2D eigenvalue weighted by atomic mass is 16.2. The van der Waals surface area contributed by atoms with Crippen molar-refractivity contribution < 1.29 is 14.4 Å². The molecule has 0 saturated carbocycles. The standard InChI is InChI=1S/C27H45N3O3/c1-12-25(6,7)22(32)28-19-14-18(21(31)30-27(10,11)17-24(3,4)5)15-20(16-19)29-23(33)26(8,9)13-2/h14-16H,12-13,17H2,1-11H3,(H,28,32)(H,29,33)(H,30,31). The fraction of sp³-hybridized carbons (Fsp3) is 0.667. The number of carbonyl (C=O) groups excluding carboxylic acids is 3. The van der Waals surface area contributed by atoms with Gasteiger partial charge in [-0.2, -0.15) is 0 Å². The van der Waals surface area contributed by atoms with Gasteiger partial charge in [-0.15, -0.1) is 0 Å². The van der Waals surface area contributed by atoms with Crippen LogP contribution in [-0.2, 0) is 9.59 Å². The number of nitrogens with one attached hydrogen (secondary N) is 3. The molecule has 0 aliphatic carbocycles. The van der Waals surface area contributed by atoms with Crippen molar-refractivity contribution in [3.63, 3.8) is 0 Å². The summed E-state index contributed by atoms with van der Waals surface area (Å²) < 4.78 is 0. The van der Waals surface area contributed by atoms with Crippen molar-refractivity contribution in [2.24, 2.45) is 16.2 Å². The van der Waals surface area contributed by atoms with Crippen molar-refractivity contribution in [1.82, 2.24) is 5.32 Å². The van der Waals surface area contributed by atoms with Gasteiger partial charge < -0.3 is 16.0 Å². The molecular weight excluding hydrogens is 414 g/mol. The quantitative estimate of drug-likeness (QED) is 0.400. The molecule has 0 spiro atoms. The van der Waals surface area contributed by atoms with Gasteiger partial charge in [0.2, 0.25) is 11.8 Å². The summed E-state index contributed by atoms with van der Waals surface area (Å²) in [6.07, 6.45) is 2.14. The third-order valence-electron chi connectivity index (χ3n) is 6.13. The normalized spacial score (nSPS) is 12.8. The van der Waals surface area contributed by atoms with E-state index >= 15 is 0 Å². The van der Waals surface area contributed by atoms with Gasteiger partial charge in [-0.1, -0.05) is 62.3 Å². The average molecular weight is 460 g/mol. The van der Waals surface area contributed by atoms with Gasteiger partial charge in [-0.05, 0) is 56.7 Å². The molecule has 0 aliphatic rings. The maximum Gasteiger partial charge on any atom is 0.251 e. The van der Waals surface area contributed by atoms with E-state index in [0.717, 1.165) is 6.42 Å². The molecular formula is C27H45N3O3. The Balaban J connectivity index is 3.34. The molecule has 1 aromatic rings. The molecule has 0 radical (unpaired) electrons. The Morgan fingerprint density at radius 3 is 1.42 bits per heavy atom. The number of anilines is 2. The van der Waals surface area contributed by atoms with Crippen LogP contribution in [-0.4, -0.2) is 23.3 Å². The van der Waals surface area contributed by atoms with Crippen LogP contribution in [0.2, 0.25) is 0 Å². The molecule has 0 aliphatic heterocycles. The van der Waals surface area contributed by atoms with Crippen LogP contribution in [0, 0.1) is 16.2 Å². The van der Waals surface area contributed by atoms with Gasteiger partial charge in [0, 0.05) is 33.3 Å². The van der Waals surface area contributed by atoms with Crippen molar-refractivity contribution in [2.75, 3.05) is 10.6 Å². The number of benzene rings is 1. The van der Waals surface area contributed by atoms with Crippen LogP contribution in [0.3, 0.4) is 0 Å². The predicted octanol–water partition coefficient (Wildman–Crippen LogP) is 6.38. The Labute approximate surface area is 200 Å². The zero-order chi connectivity index (χ0) is 25.8. The predicted molar refractivity (Wildman–Crippen MR) is 137 cm³/mol. The first-order valence-corrected chi connectivity index (χ1v) is 11.9. The number of hydrogen-bond donors (Lipinski definition) is 3. The monoisotopic (exact) mass is 459 g/mol. The largest absolute Gasteiger partial charge is 0.347 e. The molecule has 1 rings (SSSR count). The Morgan fingerprint density at radius 1 is 0.697 bits per heavy atom. The SMILES string of the molecule is CCC(C)(C)C(=O)Nc1cc(NC(=O)C(C)(C)CC)cc(C(=O)NC(C)(C)CC(C)(C)C)c1. The lowest BCUT2D eigenvalue weighted by Crippen LogP contribution is -2.45. The topological polar surface area (TPSA) is 87.3 Å². The number of hydrogen-bond acceptors (Lipinski definition) is 3. The van der Waals surface area contributed by atoms with Gasteiger partial charge in [0.05, 0.1) is 0 Å². The van der Waals surface area contributed by atoms with Gasteiger partial charge in [0.1, 0.15) is 0 Å². The summed E-state index contributed by atoms with van der Waals surface area (Å²) in [4.78, 5) is 38.7. The minimum atomic E-state index is -0.555. The van der Waals surface area contributed by atoms with E-state index < -0.39 is 16.4 Å². The van der Waals surface area contributed by atoms with E-state index in [0.29, 0.717) is 29.8 Å². The first-order chi connectivity index (χ1) is 14.8. The van der Waals surface area contributed by atoms with Crippen LogP contribution in [0.4, 0.5) is 11.4 Å². The van der Waals surface area contributed by atoms with Gasteiger partial charge in [0.15, 0.2) is 0 Å². The van der Waals surface area contributed by atoms with Crippen LogP contribution in [0.15, 0.2) is 18.2 Å². The van der Waals surface area contributed by atoms with Gasteiger partial charge in [-0.25, -0.2) is 0 Å². The number of carbonyl (C=O) groups is 3. The second-order valence-electron chi connectivity index (χ2n) is 12.3. The Bertz CT molecular complexity index is 829. The van der Waals surface area contributed by atoms with E-state index in [4.69, 9.17) is 0 Å². The summed E-state index contributed by atoms with van der Waals surface area (Å²) in [7, 11) is 0. The minimum absolute atomic E-state index is 0.0448. The highest BCUT2D eigenvalue weighted by Crippen LogP contribution is 2.29. The number of amides is 3. The Morgan fingerprint density at radius 2 is 1.09 bits per heavy atom. The molecule has 0 aromatic heterocycles. The lowest BCUT2D eigenvalue weighted by atomic mass is 9.81. The molecule has 1 aromatic carbocycles. The lowest BCUT2D eigenvalue weighted by molar-refractivity contribution is -0.124. The van der Waals surface area contributed by atoms with Crippen LogP contribution >= 0.6 is 0 Å². The summed E-state index contributed by atoms with van der Waals surface area (Å²) in [6, 6.07) is 5.02. The van der Waals surface area contributed by atoms with E-state index in [9.17, 15) is 14.4 Å². The maximum absolute atomic E-state index is 13.2. The molecule has 6 heteroatoms. The van der Waals surface area contributed by atoms with Gasteiger partial charge in [-0.3, -0.25) is 14.4 Å². The van der Waals surface area contributed by atoms with Gasteiger partial charge >= 0.3 is 0 Å². The third-order valence-corrected chi connectivity index (χ3v) is 6.13. The molecule has 0 atom stereocenters. The minimum Gasteiger partial charge on any atom is -0.347 e. The van der Waals surface area contributed by atoms with E-state index in [2.05, 4.69) is 36.7 Å². The van der Waals surface area contributed by atoms with E-state index in [1.54, 1.807) is 18.2 Å². The second-order valence-corrected chi connectivity index (χ2v) is 12.3. The van der Waals surface area contributed by atoms with E-state index in [1.807, 2.05) is 55.4 Å². The Kier molecular flexibility index (Phi) is 8.92. The van der Waals surface area contributed by atoms with Crippen molar-refractivity contribution in [3.8, 4) is 0 Å². The lowest BCUT2D eigenvalue weighted by Gasteiger charge is -2.33.